The van der Waals surface area contributed by atoms with E-state index in [0.29, 0.717) is 12.0 Å². The fourth-order valence-electron chi connectivity index (χ4n) is 4.46. The van der Waals surface area contributed by atoms with Gasteiger partial charge in [-0.05, 0) is 54.8 Å². The summed E-state index contributed by atoms with van der Waals surface area (Å²) >= 11 is 0. The van der Waals surface area contributed by atoms with Crippen molar-refractivity contribution in [1.82, 2.24) is 25.5 Å². The number of imidazole rings is 1. The van der Waals surface area contributed by atoms with Crippen LogP contribution in [0.2, 0.25) is 0 Å². The highest BCUT2D eigenvalue weighted by atomic mass is 15.1. The number of rotatable bonds is 2. The molecule has 0 amide bonds. The summed E-state index contributed by atoms with van der Waals surface area (Å²) in [6.45, 7) is 1.07. The third-order valence-corrected chi connectivity index (χ3v) is 5.88. The van der Waals surface area contributed by atoms with Crippen molar-refractivity contribution in [2.24, 2.45) is 10.9 Å². The van der Waals surface area contributed by atoms with E-state index in [4.69, 9.17) is 4.98 Å². The molecule has 2 aliphatic rings. The number of hydrogen-bond donors (Lipinski definition) is 3. The van der Waals surface area contributed by atoms with Crippen LogP contribution in [-0.4, -0.2) is 39.0 Å². The monoisotopic (exact) mass is 368 g/mol. The highest BCUT2D eigenvalue weighted by Crippen LogP contribution is 2.36. The van der Waals surface area contributed by atoms with E-state index >= 15 is 0 Å². The van der Waals surface area contributed by atoms with E-state index in [9.17, 15) is 0 Å². The van der Waals surface area contributed by atoms with Crippen LogP contribution < -0.4 is 5.32 Å². The number of fused-ring (bicyclic) bond motifs is 3. The first-order valence-corrected chi connectivity index (χ1v) is 9.77. The first kappa shape index (κ1) is 15.8. The number of piperidine rings is 1. The van der Waals surface area contributed by atoms with Crippen LogP contribution >= 0.6 is 0 Å². The molecule has 2 aromatic carbocycles. The molecule has 1 saturated heterocycles. The summed E-state index contributed by atoms with van der Waals surface area (Å²) in [4.78, 5) is 12.6. The average molecular weight is 368 g/mol. The second-order valence-corrected chi connectivity index (χ2v) is 7.55. The van der Waals surface area contributed by atoms with Gasteiger partial charge >= 0.3 is 0 Å². The van der Waals surface area contributed by atoms with Gasteiger partial charge in [0, 0.05) is 29.8 Å². The molecule has 2 aliphatic heterocycles. The first-order valence-electron chi connectivity index (χ1n) is 9.77. The Bertz CT molecular complexity index is 1210. The third-order valence-electron chi connectivity index (χ3n) is 5.88. The van der Waals surface area contributed by atoms with Crippen LogP contribution in [0.15, 0.2) is 53.7 Å². The largest absolute Gasteiger partial charge is 0.337 e. The third kappa shape index (κ3) is 2.42. The van der Waals surface area contributed by atoms with Crippen LogP contribution in [0, 0.1) is 5.92 Å². The smallest absolute Gasteiger partial charge is 0.159 e. The zero-order valence-corrected chi connectivity index (χ0v) is 15.3. The Morgan fingerprint density at radius 1 is 1.04 bits per heavy atom. The van der Waals surface area contributed by atoms with Gasteiger partial charge in [0.1, 0.15) is 5.69 Å². The summed E-state index contributed by atoms with van der Waals surface area (Å²) in [5, 5.41) is 12.4. The second-order valence-electron chi connectivity index (χ2n) is 7.55. The number of para-hydroxylation sites is 2. The summed E-state index contributed by atoms with van der Waals surface area (Å²) in [5.41, 5.74) is 6.35. The predicted octanol–water partition coefficient (Wildman–Crippen LogP) is 3.90. The Morgan fingerprint density at radius 2 is 2.00 bits per heavy atom. The van der Waals surface area contributed by atoms with Crippen molar-refractivity contribution in [2.75, 3.05) is 6.54 Å². The van der Waals surface area contributed by atoms with Gasteiger partial charge in [0.15, 0.2) is 5.82 Å². The summed E-state index contributed by atoms with van der Waals surface area (Å²) in [5.74, 6) is 1.27. The molecule has 28 heavy (non-hydrogen) atoms. The van der Waals surface area contributed by atoms with E-state index in [1.165, 1.54) is 24.0 Å². The second kappa shape index (κ2) is 6.14. The van der Waals surface area contributed by atoms with E-state index in [-0.39, 0.29) is 0 Å². The minimum absolute atomic E-state index is 0.337. The molecule has 6 nitrogen and oxygen atoms in total. The lowest BCUT2D eigenvalue weighted by molar-refractivity contribution is 0.402. The molecule has 0 aliphatic carbocycles. The van der Waals surface area contributed by atoms with Gasteiger partial charge in [0.2, 0.25) is 0 Å². The lowest BCUT2D eigenvalue weighted by atomic mass is 9.81. The first-order chi connectivity index (χ1) is 13.9. The number of hydrogen-bond acceptors (Lipinski definition) is 4. The molecule has 4 aromatic rings. The lowest BCUT2D eigenvalue weighted by Crippen LogP contribution is -2.43. The topological polar surface area (TPSA) is 81.8 Å². The molecule has 0 bridgehead atoms. The number of aliphatic imine (C=N–C) groups is 1. The van der Waals surface area contributed by atoms with Crippen molar-refractivity contribution < 1.29 is 0 Å². The Hall–Kier alpha value is -3.25. The van der Waals surface area contributed by atoms with E-state index < -0.39 is 0 Å². The lowest BCUT2D eigenvalue weighted by Gasteiger charge is -2.33. The zero-order valence-electron chi connectivity index (χ0n) is 15.3. The fourth-order valence-corrected chi connectivity index (χ4v) is 4.46. The Morgan fingerprint density at radius 3 is 2.96 bits per heavy atom. The van der Waals surface area contributed by atoms with E-state index in [0.717, 1.165) is 40.0 Å². The molecule has 2 aromatic heterocycles. The van der Waals surface area contributed by atoms with E-state index in [2.05, 4.69) is 43.7 Å². The highest BCUT2D eigenvalue weighted by molar-refractivity contribution is 5.95. The molecule has 4 heterocycles. The van der Waals surface area contributed by atoms with Gasteiger partial charge in [-0.3, -0.25) is 10.1 Å². The molecule has 0 radical (unpaired) electrons. The maximum Gasteiger partial charge on any atom is 0.159 e. The summed E-state index contributed by atoms with van der Waals surface area (Å²) in [6.07, 6.45) is 6.46. The van der Waals surface area contributed by atoms with Gasteiger partial charge in [0.05, 0.1) is 16.6 Å². The summed E-state index contributed by atoms with van der Waals surface area (Å²) < 4.78 is 0. The number of H-pyrrole nitrogens is 2. The van der Waals surface area contributed by atoms with Gasteiger partial charge in [-0.25, -0.2) is 4.98 Å². The number of nitrogens with one attached hydrogen (secondary N) is 3. The van der Waals surface area contributed by atoms with Gasteiger partial charge in [-0.15, -0.1) is 0 Å². The van der Waals surface area contributed by atoms with Gasteiger partial charge in [-0.1, -0.05) is 18.2 Å². The van der Waals surface area contributed by atoms with Crippen LogP contribution in [0.5, 0.6) is 0 Å². The molecular weight excluding hydrogens is 348 g/mol. The van der Waals surface area contributed by atoms with Crippen molar-refractivity contribution in [3.05, 3.63) is 54.2 Å². The van der Waals surface area contributed by atoms with Crippen LogP contribution in [0.1, 0.15) is 18.4 Å². The van der Waals surface area contributed by atoms with Crippen molar-refractivity contribution in [2.45, 2.75) is 18.9 Å². The quantitative estimate of drug-likeness (QED) is 0.502. The summed E-state index contributed by atoms with van der Waals surface area (Å²) in [7, 11) is 0. The van der Waals surface area contributed by atoms with Crippen LogP contribution in [0.25, 0.3) is 39.0 Å². The standard InChI is InChI=1S/C22H20N6/c1-2-6-19-18(5-1)25-22(26-19)21-15-10-13(7-8-17(15)27-28-21)16-11-23-12-20-14(16)4-3-9-24-20/h1-2,5-8,10-12,14,20,24H,3-4,9H2,(H,25,26)(H,27,28). The molecule has 3 N–H and O–H groups in total. The number of aromatic amines is 2. The van der Waals surface area contributed by atoms with Crippen LogP contribution in [0.4, 0.5) is 0 Å². The maximum atomic E-state index is 4.73. The van der Waals surface area contributed by atoms with Crippen molar-refractivity contribution in [3.63, 3.8) is 0 Å². The maximum absolute atomic E-state index is 4.73. The fraction of sp³-hybridized carbons (Fsp3) is 0.227. The molecule has 1 fully saturated rings. The SMILES string of the molecule is C1=NC=C(c2ccc3[nH]nc(-c4nc5ccccc5[nH]4)c3c2)C2CCCNC12. The van der Waals surface area contributed by atoms with Gasteiger partial charge in [0.25, 0.3) is 0 Å². The van der Waals surface area contributed by atoms with E-state index in [1.807, 2.05) is 36.7 Å². The molecule has 6 heteroatoms. The predicted molar refractivity (Wildman–Crippen MR) is 112 cm³/mol. The molecule has 138 valence electrons. The minimum Gasteiger partial charge on any atom is -0.337 e. The number of nitrogens with zero attached hydrogens (tertiary/aromatic N) is 3. The Balaban J connectivity index is 1.47. The van der Waals surface area contributed by atoms with Crippen LogP contribution in [0.3, 0.4) is 0 Å². The van der Waals surface area contributed by atoms with Crippen molar-refractivity contribution in [1.29, 1.82) is 0 Å². The van der Waals surface area contributed by atoms with Crippen LogP contribution in [-0.2, 0) is 0 Å². The van der Waals surface area contributed by atoms with Gasteiger partial charge in [-0.2, -0.15) is 5.10 Å². The molecule has 2 atom stereocenters. The molecule has 0 spiro atoms. The zero-order chi connectivity index (χ0) is 18.5. The highest BCUT2D eigenvalue weighted by Gasteiger charge is 2.29. The number of benzene rings is 2. The Labute approximate surface area is 161 Å². The molecule has 2 unspecified atom stereocenters. The average Bonchev–Trinajstić information content (AvgIpc) is 3.36. The summed E-state index contributed by atoms with van der Waals surface area (Å²) in [6, 6.07) is 14.9. The van der Waals surface area contributed by atoms with Gasteiger partial charge < -0.3 is 10.3 Å². The number of aromatic nitrogens is 4. The minimum atomic E-state index is 0.337. The molecule has 0 saturated carbocycles. The normalized spacial score (nSPS) is 21.8. The molecular formula is C22H20N6. The molecule has 6 rings (SSSR count). The van der Waals surface area contributed by atoms with Crippen molar-refractivity contribution >= 4 is 33.7 Å². The Kier molecular flexibility index (Phi) is 3.46. The van der Waals surface area contributed by atoms with E-state index in [1.54, 1.807) is 0 Å². The van der Waals surface area contributed by atoms with Crippen molar-refractivity contribution in [3.8, 4) is 11.5 Å².